The molecule has 0 spiro atoms. The zero-order valence-corrected chi connectivity index (χ0v) is 13.2. The van der Waals surface area contributed by atoms with E-state index < -0.39 is 9.84 Å². The Bertz CT molecular complexity index is 601. The molecule has 0 radical (unpaired) electrons. The third-order valence-corrected chi connectivity index (χ3v) is 5.80. The minimum Gasteiger partial charge on any atom is -0.369 e. The molecule has 116 valence electrons. The summed E-state index contributed by atoms with van der Waals surface area (Å²) in [5.41, 5.74) is 5.27. The highest BCUT2D eigenvalue weighted by Gasteiger charge is 2.26. The second-order valence-corrected chi connectivity index (χ2v) is 7.86. The predicted octanol–water partition coefficient (Wildman–Crippen LogP) is 1.31. The summed E-state index contributed by atoms with van der Waals surface area (Å²) in [4.78, 5) is 13.5. The quantitative estimate of drug-likeness (QED) is 0.852. The molecular weight excluding hydrogens is 312 g/mol. The Kier molecular flexibility index (Phi) is 5.24. The second kappa shape index (κ2) is 6.77. The first-order chi connectivity index (χ1) is 9.88. The molecule has 1 saturated heterocycles. The van der Waals surface area contributed by atoms with Crippen LogP contribution < -0.4 is 5.73 Å². The van der Waals surface area contributed by atoms with E-state index in [-0.39, 0.29) is 17.6 Å². The van der Waals surface area contributed by atoms with E-state index in [1.807, 2.05) is 0 Å². The summed E-state index contributed by atoms with van der Waals surface area (Å²) in [6, 6.07) is 6.20. The largest absolute Gasteiger partial charge is 0.369 e. The average molecular weight is 331 g/mol. The molecule has 1 unspecified atom stereocenters. The first-order valence-electron chi connectivity index (χ1n) is 6.88. The number of sulfone groups is 1. The van der Waals surface area contributed by atoms with Crippen molar-refractivity contribution in [2.75, 3.05) is 25.4 Å². The lowest BCUT2D eigenvalue weighted by atomic mass is 10.1. The van der Waals surface area contributed by atoms with Gasteiger partial charge in [0.15, 0.2) is 9.84 Å². The van der Waals surface area contributed by atoms with Crippen LogP contribution in [0, 0.1) is 5.92 Å². The van der Waals surface area contributed by atoms with Gasteiger partial charge in [0.1, 0.15) is 0 Å². The van der Waals surface area contributed by atoms with E-state index in [1.165, 1.54) is 12.1 Å². The van der Waals surface area contributed by atoms with E-state index in [2.05, 4.69) is 4.90 Å². The molecular formula is C14H19ClN2O3S. The SMILES string of the molecule is NC(=O)C1CCN(CCCS(=O)(=O)c2ccc(Cl)cc2)C1. The van der Waals surface area contributed by atoms with E-state index >= 15 is 0 Å². The van der Waals surface area contributed by atoms with Crippen LogP contribution in [0.25, 0.3) is 0 Å². The van der Waals surface area contributed by atoms with Crippen LogP contribution in [0.2, 0.25) is 5.02 Å². The summed E-state index contributed by atoms with van der Waals surface area (Å²) in [5, 5.41) is 0.517. The van der Waals surface area contributed by atoms with Crippen LogP contribution in [0.15, 0.2) is 29.2 Å². The third kappa shape index (κ3) is 4.43. The molecule has 1 fully saturated rings. The number of benzene rings is 1. The van der Waals surface area contributed by atoms with Gasteiger partial charge in [-0.2, -0.15) is 0 Å². The summed E-state index contributed by atoms with van der Waals surface area (Å²) >= 11 is 5.75. The molecule has 1 aliphatic heterocycles. The molecule has 0 bridgehead atoms. The van der Waals surface area contributed by atoms with Crippen LogP contribution in [-0.4, -0.2) is 44.6 Å². The number of carbonyl (C=O) groups is 1. The molecule has 1 aliphatic rings. The summed E-state index contributed by atoms with van der Waals surface area (Å²) < 4.78 is 24.3. The third-order valence-electron chi connectivity index (χ3n) is 3.73. The molecule has 1 heterocycles. The van der Waals surface area contributed by atoms with Crippen LogP contribution in [0.3, 0.4) is 0 Å². The Labute approximate surface area is 130 Å². The summed E-state index contributed by atoms with van der Waals surface area (Å²) in [5.74, 6) is -0.281. The van der Waals surface area contributed by atoms with Gasteiger partial charge in [-0.3, -0.25) is 4.79 Å². The molecule has 0 saturated carbocycles. The Hall–Kier alpha value is -1.11. The van der Waals surface area contributed by atoms with Crippen molar-refractivity contribution < 1.29 is 13.2 Å². The standard InChI is InChI=1S/C14H19ClN2O3S/c15-12-2-4-13(5-3-12)21(19,20)9-1-7-17-8-6-11(10-17)14(16)18/h2-5,11H,1,6-10H2,(H2,16,18). The molecule has 1 aromatic rings. The van der Waals surface area contributed by atoms with Gasteiger partial charge < -0.3 is 10.6 Å². The molecule has 5 nitrogen and oxygen atoms in total. The number of nitrogens with zero attached hydrogens (tertiary/aromatic N) is 1. The van der Waals surface area contributed by atoms with Gasteiger partial charge in [0.25, 0.3) is 0 Å². The Morgan fingerprint density at radius 2 is 2.00 bits per heavy atom. The lowest BCUT2D eigenvalue weighted by molar-refractivity contribution is -0.121. The van der Waals surface area contributed by atoms with Crippen molar-refractivity contribution in [1.82, 2.24) is 4.90 Å². The van der Waals surface area contributed by atoms with Gasteiger partial charge in [0, 0.05) is 11.6 Å². The number of carbonyl (C=O) groups excluding carboxylic acids is 1. The Balaban J connectivity index is 1.83. The van der Waals surface area contributed by atoms with Crippen molar-refractivity contribution in [2.45, 2.75) is 17.7 Å². The zero-order valence-electron chi connectivity index (χ0n) is 11.7. The minimum absolute atomic E-state index is 0.0897. The molecule has 7 heteroatoms. The van der Waals surface area contributed by atoms with Crippen LogP contribution in [-0.2, 0) is 14.6 Å². The van der Waals surface area contributed by atoms with Crippen molar-refractivity contribution >= 4 is 27.3 Å². The highest BCUT2D eigenvalue weighted by Crippen LogP contribution is 2.18. The molecule has 1 amide bonds. The summed E-state index contributed by atoms with van der Waals surface area (Å²) in [6.45, 7) is 2.10. The lowest BCUT2D eigenvalue weighted by Crippen LogP contribution is -2.28. The van der Waals surface area contributed by atoms with Crippen LogP contribution >= 0.6 is 11.6 Å². The van der Waals surface area contributed by atoms with E-state index in [4.69, 9.17) is 17.3 Å². The molecule has 1 aromatic carbocycles. The number of likely N-dealkylation sites (tertiary alicyclic amines) is 1. The first-order valence-corrected chi connectivity index (χ1v) is 8.91. The fourth-order valence-electron chi connectivity index (χ4n) is 2.51. The highest BCUT2D eigenvalue weighted by molar-refractivity contribution is 7.91. The van der Waals surface area contributed by atoms with Crippen LogP contribution in [0.1, 0.15) is 12.8 Å². The predicted molar refractivity (Wildman–Crippen MR) is 81.9 cm³/mol. The molecule has 1 atom stereocenters. The molecule has 0 aliphatic carbocycles. The smallest absolute Gasteiger partial charge is 0.221 e. The maximum atomic E-state index is 12.2. The Morgan fingerprint density at radius 1 is 1.33 bits per heavy atom. The topological polar surface area (TPSA) is 80.5 Å². The van der Waals surface area contributed by atoms with Gasteiger partial charge in [-0.25, -0.2) is 8.42 Å². The van der Waals surface area contributed by atoms with Crippen molar-refractivity contribution in [3.63, 3.8) is 0 Å². The van der Waals surface area contributed by atoms with Gasteiger partial charge in [-0.15, -0.1) is 0 Å². The average Bonchev–Trinajstić information content (AvgIpc) is 2.88. The number of amides is 1. The fraction of sp³-hybridized carbons (Fsp3) is 0.500. The van der Waals surface area contributed by atoms with Gasteiger partial charge in [0.2, 0.25) is 5.91 Å². The first kappa shape index (κ1) is 16.3. The van der Waals surface area contributed by atoms with Crippen LogP contribution in [0.4, 0.5) is 0 Å². The van der Waals surface area contributed by atoms with Crippen molar-refractivity contribution in [2.24, 2.45) is 11.7 Å². The molecule has 0 aromatic heterocycles. The van der Waals surface area contributed by atoms with Gasteiger partial charge in [-0.05, 0) is 50.2 Å². The van der Waals surface area contributed by atoms with E-state index in [1.54, 1.807) is 12.1 Å². The van der Waals surface area contributed by atoms with Crippen molar-refractivity contribution in [1.29, 1.82) is 0 Å². The lowest BCUT2D eigenvalue weighted by Gasteiger charge is -2.15. The summed E-state index contributed by atoms with van der Waals surface area (Å²) in [7, 11) is -3.28. The number of halogens is 1. The minimum atomic E-state index is -3.28. The molecule has 21 heavy (non-hydrogen) atoms. The maximum Gasteiger partial charge on any atom is 0.221 e. The van der Waals surface area contributed by atoms with E-state index in [9.17, 15) is 13.2 Å². The normalized spacial score (nSPS) is 19.8. The molecule has 2 N–H and O–H groups in total. The Morgan fingerprint density at radius 3 is 2.57 bits per heavy atom. The maximum absolute atomic E-state index is 12.2. The summed E-state index contributed by atoms with van der Waals surface area (Å²) in [6.07, 6.45) is 1.30. The second-order valence-electron chi connectivity index (χ2n) is 5.31. The van der Waals surface area contributed by atoms with E-state index in [0.29, 0.717) is 29.4 Å². The van der Waals surface area contributed by atoms with Crippen molar-refractivity contribution in [3.05, 3.63) is 29.3 Å². The van der Waals surface area contributed by atoms with Gasteiger partial charge in [0.05, 0.1) is 16.6 Å². The van der Waals surface area contributed by atoms with Gasteiger partial charge in [-0.1, -0.05) is 11.6 Å². The van der Waals surface area contributed by atoms with Crippen LogP contribution in [0.5, 0.6) is 0 Å². The van der Waals surface area contributed by atoms with E-state index in [0.717, 1.165) is 13.0 Å². The number of nitrogens with two attached hydrogens (primary N) is 1. The fourth-order valence-corrected chi connectivity index (χ4v) is 3.93. The zero-order chi connectivity index (χ0) is 15.5. The number of rotatable bonds is 6. The van der Waals surface area contributed by atoms with Crippen molar-refractivity contribution in [3.8, 4) is 0 Å². The number of hydrogen-bond donors (Lipinski definition) is 1. The number of primary amides is 1. The highest BCUT2D eigenvalue weighted by atomic mass is 35.5. The molecule has 2 rings (SSSR count). The number of hydrogen-bond acceptors (Lipinski definition) is 4. The van der Waals surface area contributed by atoms with Gasteiger partial charge >= 0.3 is 0 Å². The monoisotopic (exact) mass is 330 g/mol.